The van der Waals surface area contributed by atoms with Crippen molar-refractivity contribution in [2.75, 3.05) is 11.9 Å². The summed E-state index contributed by atoms with van der Waals surface area (Å²) in [7, 11) is 0. The number of anilines is 1. The van der Waals surface area contributed by atoms with Gasteiger partial charge in [0.1, 0.15) is 11.4 Å². The van der Waals surface area contributed by atoms with Gasteiger partial charge in [-0.1, -0.05) is 0 Å². The van der Waals surface area contributed by atoms with E-state index in [0.29, 0.717) is 0 Å². The van der Waals surface area contributed by atoms with E-state index < -0.39 is 0 Å². The lowest BCUT2D eigenvalue weighted by Gasteiger charge is -2.45. The molecular weight excluding hydrogens is 289 g/mol. The lowest BCUT2D eigenvalue weighted by molar-refractivity contribution is 0.000186. The zero-order valence-electron chi connectivity index (χ0n) is 7.85. The lowest BCUT2D eigenvalue weighted by atomic mass is 9.79. The van der Waals surface area contributed by atoms with Gasteiger partial charge in [0.05, 0.1) is 12.2 Å². The Labute approximate surface area is 97.2 Å². The van der Waals surface area contributed by atoms with Gasteiger partial charge in [-0.3, -0.25) is 0 Å². The Kier molecular flexibility index (Phi) is 1.90. The summed E-state index contributed by atoms with van der Waals surface area (Å²) in [4.78, 5) is 0. The Morgan fingerprint density at radius 2 is 2.21 bits per heavy atom. The van der Waals surface area contributed by atoms with Crippen LogP contribution < -0.4 is 10.1 Å². The Bertz CT molecular complexity index is 374. The lowest BCUT2D eigenvalue weighted by Crippen LogP contribution is -2.51. The van der Waals surface area contributed by atoms with Gasteiger partial charge in [0.2, 0.25) is 0 Å². The third-order valence-electron chi connectivity index (χ3n) is 3.13. The molecule has 0 unspecified atom stereocenters. The molecule has 1 saturated carbocycles. The SMILES string of the molecule is Ic1ccc2c(c1)NCC1(CCC1)O2. The van der Waals surface area contributed by atoms with Gasteiger partial charge in [0.15, 0.2) is 0 Å². The van der Waals surface area contributed by atoms with Gasteiger partial charge >= 0.3 is 0 Å². The third kappa shape index (κ3) is 1.29. The summed E-state index contributed by atoms with van der Waals surface area (Å²) in [6.07, 6.45) is 3.71. The van der Waals surface area contributed by atoms with Crippen LogP contribution in [-0.2, 0) is 0 Å². The Morgan fingerprint density at radius 1 is 1.36 bits per heavy atom. The fourth-order valence-corrected chi connectivity index (χ4v) is 2.60. The number of nitrogens with one attached hydrogen (secondary N) is 1. The summed E-state index contributed by atoms with van der Waals surface area (Å²) < 4.78 is 7.30. The second kappa shape index (κ2) is 3.02. The van der Waals surface area contributed by atoms with Crippen molar-refractivity contribution >= 4 is 28.3 Å². The first-order chi connectivity index (χ1) is 6.77. The summed E-state index contributed by atoms with van der Waals surface area (Å²) in [6, 6.07) is 6.31. The predicted octanol–water partition coefficient (Wildman–Crippen LogP) is 3.02. The van der Waals surface area contributed by atoms with Crippen molar-refractivity contribution in [1.82, 2.24) is 0 Å². The zero-order chi connectivity index (χ0) is 9.60. The van der Waals surface area contributed by atoms with Crippen LogP contribution in [0.2, 0.25) is 0 Å². The Hall–Kier alpha value is -0.450. The van der Waals surface area contributed by atoms with Crippen molar-refractivity contribution in [3.05, 3.63) is 21.8 Å². The normalized spacial score (nSPS) is 21.8. The van der Waals surface area contributed by atoms with E-state index in [2.05, 4.69) is 46.1 Å². The van der Waals surface area contributed by atoms with Gasteiger partial charge in [-0.25, -0.2) is 0 Å². The molecule has 2 aliphatic rings. The molecule has 1 aromatic carbocycles. The van der Waals surface area contributed by atoms with Gasteiger partial charge in [-0.2, -0.15) is 0 Å². The van der Waals surface area contributed by atoms with Crippen LogP contribution in [0.5, 0.6) is 5.75 Å². The molecule has 1 N–H and O–H groups in total. The van der Waals surface area contributed by atoms with Crippen molar-refractivity contribution < 1.29 is 4.74 Å². The molecule has 1 aliphatic heterocycles. The number of hydrogen-bond donors (Lipinski definition) is 1. The molecule has 0 aromatic heterocycles. The number of halogens is 1. The summed E-state index contributed by atoms with van der Waals surface area (Å²) in [5.74, 6) is 1.02. The van der Waals surface area contributed by atoms with E-state index in [4.69, 9.17) is 4.74 Å². The summed E-state index contributed by atoms with van der Waals surface area (Å²) in [6.45, 7) is 0.972. The molecule has 1 aromatic rings. The molecule has 3 rings (SSSR count). The number of fused-ring (bicyclic) bond motifs is 1. The van der Waals surface area contributed by atoms with E-state index in [9.17, 15) is 0 Å². The van der Waals surface area contributed by atoms with Crippen LogP contribution in [0.4, 0.5) is 5.69 Å². The Morgan fingerprint density at radius 3 is 2.93 bits per heavy atom. The summed E-state index contributed by atoms with van der Waals surface area (Å²) in [5.41, 5.74) is 1.27. The van der Waals surface area contributed by atoms with Crippen LogP contribution in [0.3, 0.4) is 0 Å². The molecule has 1 heterocycles. The van der Waals surface area contributed by atoms with E-state index in [0.717, 1.165) is 18.0 Å². The molecule has 0 amide bonds. The zero-order valence-corrected chi connectivity index (χ0v) is 10.0. The van der Waals surface area contributed by atoms with Gasteiger partial charge in [0, 0.05) is 3.57 Å². The van der Waals surface area contributed by atoms with Gasteiger partial charge < -0.3 is 10.1 Å². The number of benzene rings is 1. The van der Waals surface area contributed by atoms with Crippen molar-refractivity contribution in [2.45, 2.75) is 24.9 Å². The van der Waals surface area contributed by atoms with E-state index in [1.165, 1.54) is 22.8 Å². The smallest absolute Gasteiger partial charge is 0.143 e. The fraction of sp³-hybridized carbons (Fsp3) is 0.455. The predicted molar refractivity (Wildman–Crippen MR) is 64.9 cm³/mol. The molecule has 1 aliphatic carbocycles. The fourth-order valence-electron chi connectivity index (χ4n) is 2.10. The van der Waals surface area contributed by atoms with E-state index in [1.807, 2.05) is 0 Å². The molecule has 0 atom stereocenters. The maximum Gasteiger partial charge on any atom is 0.143 e. The minimum absolute atomic E-state index is 0.125. The average Bonchev–Trinajstić information content (AvgIpc) is 2.15. The molecule has 0 saturated heterocycles. The van der Waals surface area contributed by atoms with Crippen LogP contribution in [-0.4, -0.2) is 12.1 Å². The second-order valence-corrected chi connectivity index (χ2v) is 5.38. The molecule has 2 nitrogen and oxygen atoms in total. The number of rotatable bonds is 0. The molecule has 0 bridgehead atoms. The topological polar surface area (TPSA) is 21.3 Å². The largest absolute Gasteiger partial charge is 0.483 e. The monoisotopic (exact) mass is 301 g/mol. The highest BCUT2D eigenvalue weighted by Gasteiger charge is 2.41. The van der Waals surface area contributed by atoms with Crippen LogP contribution in [0, 0.1) is 3.57 Å². The van der Waals surface area contributed by atoms with Crippen LogP contribution in [0.25, 0.3) is 0 Å². The number of ether oxygens (including phenoxy) is 1. The second-order valence-electron chi connectivity index (χ2n) is 4.13. The van der Waals surface area contributed by atoms with E-state index in [-0.39, 0.29) is 5.60 Å². The first kappa shape index (κ1) is 8.83. The van der Waals surface area contributed by atoms with Crippen LogP contribution in [0.1, 0.15) is 19.3 Å². The minimum Gasteiger partial charge on any atom is -0.483 e. The highest BCUT2D eigenvalue weighted by Crippen LogP contribution is 2.42. The van der Waals surface area contributed by atoms with Crippen molar-refractivity contribution in [3.8, 4) is 5.75 Å². The molecule has 1 fully saturated rings. The first-order valence-electron chi connectivity index (χ1n) is 5.00. The molecule has 14 heavy (non-hydrogen) atoms. The molecule has 0 radical (unpaired) electrons. The van der Waals surface area contributed by atoms with Crippen molar-refractivity contribution in [1.29, 1.82) is 0 Å². The highest BCUT2D eigenvalue weighted by molar-refractivity contribution is 14.1. The van der Waals surface area contributed by atoms with E-state index in [1.54, 1.807) is 0 Å². The van der Waals surface area contributed by atoms with Crippen molar-refractivity contribution in [3.63, 3.8) is 0 Å². The quantitative estimate of drug-likeness (QED) is 0.744. The molecular formula is C11H12INO. The first-order valence-corrected chi connectivity index (χ1v) is 6.08. The van der Waals surface area contributed by atoms with Crippen molar-refractivity contribution in [2.24, 2.45) is 0 Å². The van der Waals surface area contributed by atoms with Crippen LogP contribution in [0.15, 0.2) is 18.2 Å². The van der Waals surface area contributed by atoms with Crippen LogP contribution >= 0.6 is 22.6 Å². The average molecular weight is 301 g/mol. The minimum atomic E-state index is 0.125. The molecule has 74 valence electrons. The molecule has 1 spiro atoms. The summed E-state index contributed by atoms with van der Waals surface area (Å²) >= 11 is 2.32. The summed E-state index contributed by atoms with van der Waals surface area (Å²) in [5, 5.41) is 3.47. The van der Waals surface area contributed by atoms with E-state index >= 15 is 0 Å². The van der Waals surface area contributed by atoms with Gasteiger partial charge in [-0.05, 0) is 60.1 Å². The highest BCUT2D eigenvalue weighted by atomic mass is 127. The maximum atomic E-state index is 6.04. The van der Waals surface area contributed by atoms with Gasteiger partial charge in [-0.15, -0.1) is 0 Å². The standard InChI is InChI=1S/C11H12INO/c12-8-2-3-10-9(6-8)13-7-11(14-10)4-1-5-11/h2-3,6,13H,1,4-5,7H2. The Balaban J connectivity index is 1.94. The number of hydrogen-bond acceptors (Lipinski definition) is 2. The maximum absolute atomic E-state index is 6.04. The van der Waals surface area contributed by atoms with Gasteiger partial charge in [0.25, 0.3) is 0 Å². The third-order valence-corrected chi connectivity index (χ3v) is 3.80. The molecule has 3 heteroatoms.